The molecule has 2 rings (SSSR count). The minimum Gasteiger partial charge on any atom is -0.382 e. The molecule has 0 bridgehead atoms. The van der Waals surface area contributed by atoms with Crippen molar-refractivity contribution in [1.29, 1.82) is 0 Å². The lowest BCUT2D eigenvalue weighted by atomic mass is 9.90. The van der Waals surface area contributed by atoms with Crippen molar-refractivity contribution >= 4 is 33.0 Å². The molecule has 0 aliphatic heterocycles. The Morgan fingerprint density at radius 3 is 2.62 bits per heavy atom. The fourth-order valence-electron chi connectivity index (χ4n) is 2.86. The summed E-state index contributed by atoms with van der Waals surface area (Å²) < 4.78 is 27.1. The molecule has 0 radical (unpaired) electrons. The summed E-state index contributed by atoms with van der Waals surface area (Å²) in [6, 6.07) is 4.62. The van der Waals surface area contributed by atoms with Gasteiger partial charge in [0.15, 0.2) is 9.84 Å². The van der Waals surface area contributed by atoms with E-state index in [1.54, 1.807) is 12.1 Å². The zero-order chi connectivity index (χ0) is 19.4. The summed E-state index contributed by atoms with van der Waals surface area (Å²) in [6.07, 6.45) is 5.03. The Morgan fingerprint density at radius 2 is 2.04 bits per heavy atom. The molecule has 1 aromatic heterocycles. The van der Waals surface area contributed by atoms with Crippen LogP contribution in [0.15, 0.2) is 30.9 Å². The lowest BCUT2D eigenvalue weighted by Gasteiger charge is -2.34. The molecule has 2 aromatic rings. The van der Waals surface area contributed by atoms with Gasteiger partial charge in [-0.15, -0.1) is 0 Å². The zero-order valence-electron chi connectivity index (χ0n) is 14.8. The Kier molecular flexibility index (Phi) is 7.07. The lowest BCUT2D eigenvalue weighted by molar-refractivity contribution is 0.0144. The van der Waals surface area contributed by atoms with Crippen LogP contribution in [0.1, 0.15) is 38.7 Å². The van der Waals surface area contributed by atoms with Gasteiger partial charge in [-0.2, -0.15) is 5.10 Å². The van der Waals surface area contributed by atoms with E-state index < -0.39 is 20.7 Å². The molecule has 1 N–H and O–H groups in total. The SMILES string of the molecule is CCCCCS(=O)(=O)C(C)C(O)(Cn1cncn1)c1ccc(Cl)cc1Cl. The maximum absolute atomic E-state index is 12.9. The number of unbranched alkanes of at least 4 members (excludes halogenated alkanes) is 2. The number of nitrogens with zero attached hydrogens (tertiary/aromatic N) is 3. The van der Waals surface area contributed by atoms with Crippen LogP contribution in [0, 0.1) is 0 Å². The molecule has 0 amide bonds. The van der Waals surface area contributed by atoms with Crippen LogP contribution in [0.4, 0.5) is 0 Å². The Balaban J connectivity index is 2.46. The van der Waals surface area contributed by atoms with Crippen molar-refractivity contribution < 1.29 is 13.5 Å². The Hall–Kier alpha value is -1.15. The van der Waals surface area contributed by atoms with Crippen molar-refractivity contribution in [2.75, 3.05) is 5.75 Å². The molecule has 0 saturated heterocycles. The van der Waals surface area contributed by atoms with Crippen molar-refractivity contribution in [3.05, 3.63) is 46.5 Å². The van der Waals surface area contributed by atoms with Crippen LogP contribution in [0.3, 0.4) is 0 Å². The normalized spacial score (nSPS) is 15.6. The van der Waals surface area contributed by atoms with Gasteiger partial charge in [0.05, 0.1) is 17.5 Å². The molecule has 6 nitrogen and oxygen atoms in total. The molecular formula is C17H23Cl2N3O3S. The van der Waals surface area contributed by atoms with E-state index in [9.17, 15) is 13.5 Å². The van der Waals surface area contributed by atoms with Gasteiger partial charge in [0.25, 0.3) is 0 Å². The molecule has 0 aliphatic carbocycles. The maximum Gasteiger partial charge on any atom is 0.156 e. The molecule has 0 spiro atoms. The van der Waals surface area contributed by atoms with Gasteiger partial charge >= 0.3 is 0 Å². The third-order valence-electron chi connectivity index (χ3n) is 4.51. The van der Waals surface area contributed by atoms with Gasteiger partial charge in [0.2, 0.25) is 0 Å². The molecule has 1 aromatic carbocycles. The van der Waals surface area contributed by atoms with Crippen molar-refractivity contribution in [2.24, 2.45) is 0 Å². The van der Waals surface area contributed by atoms with E-state index in [2.05, 4.69) is 10.1 Å². The van der Waals surface area contributed by atoms with Gasteiger partial charge in [0, 0.05) is 15.6 Å². The second kappa shape index (κ2) is 8.69. The molecule has 9 heteroatoms. The number of aliphatic hydroxyl groups is 1. The fraction of sp³-hybridized carbons (Fsp3) is 0.529. The molecule has 2 unspecified atom stereocenters. The van der Waals surface area contributed by atoms with E-state index >= 15 is 0 Å². The highest BCUT2D eigenvalue weighted by Gasteiger charge is 2.44. The minimum absolute atomic E-state index is 0.00683. The first-order valence-electron chi connectivity index (χ1n) is 8.42. The first kappa shape index (κ1) is 21.2. The zero-order valence-corrected chi connectivity index (χ0v) is 17.1. The highest BCUT2D eigenvalue weighted by atomic mass is 35.5. The summed E-state index contributed by atoms with van der Waals surface area (Å²) in [5.74, 6) is 0.00683. The van der Waals surface area contributed by atoms with E-state index in [4.69, 9.17) is 23.2 Å². The van der Waals surface area contributed by atoms with Crippen LogP contribution >= 0.6 is 23.2 Å². The molecule has 144 valence electrons. The highest BCUT2D eigenvalue weighted by Crippen LogP contribution is 2.37. The summed E-state index contributed by atoms with van der Waals surface area (Å²) in [6.45, 7) is 3.41. The first-order valence-corrected chi connectivity index (χ1v) is 10.9. The van der Waals surface area contributed by atoms with E-state index in [0.29, 0.717) is 17.0 Å². The van der Waals surface area contributed by atoms with Gasteiger partial charge in [0.1, 0.15) is 18.3 Å². The molecule has 2 atom stereocenters. The van der Waals surface area contributed by atoms with Gasteiger partial charge in [-0.05, 0) is 25.5 Å². The highest BCUT2D eigenvalue weighted by molar-refractivity contribution is 7.92. The van der Waals surface area contributed by atoms with E-state index in [1.165, 1.54) is 30.3 Å². The van der Waals surface area contributed by atoms with Crippen LogP contribution in [-0.4, -0.2) is 39.3 Å². The maximum atomic E-state index is 12.9. The van der Waals surface area contributed by atoms with E-state index in [-0.39, 0.29) is 17.3 Å². The van der Waals surface area contributed by atoms with Crippen molar-refractivity contribution in [2.45, 2.75) is 50.5 Å². The lowest BCUT2D eigenvalue weighted by Crippen LogP contribution is -2.47. The monoisotopic (exact) mass is 419 g/mol. The number of rotatable bonds is 9. The topological polar surface area (TPSA) is 85.1 Å². The first-order chi connectivity index (χ1) is 12.2. The predicted molar refractivity (Wildman–Crippen MR) is 103 cm³/mol. The average molecular weight is 420 g/mol. The van der Waals surface area contributed by atoms with Gasteiger partial charge in [-0.1, -0.05) is 49.0 Å². The van der Waals surface area contributed by atoms with Crippen molar-refractivity contribution in [1.82, 2.24) is 14.8 Å². The second-order valence-electron chi connectivity index (χ2n) is 6.36. The summed E-state index contributed by atoms with van der Waals surface area (Å²) in [4.78, 5) is 3.86. The van der Waals surface area contributed by atoms with Crippen LogP contribution in [0.25, 0.3) is 0 Å². The molecular weight excluding hydrogens is 397 g/mol. The predicted octanol–water partition coefficient (Wildman–Crippen LogP) is 3.47. The third kappa shape index (κ3) is 4.76. The molecule has 0 saturated carbocycles. The quantitative estimate of drug-likeness (QED) is 0.628. The third-order valence-corrected chi connectivity index (χ3v) is 7.38. The minimum atomic E-state index is -3.57. The smallest absolute Gasteiger partial charge is 0.156 e. The van der Waals surface area contributed by atoms with Crippen LogP contribution in [-0.2, 0) is 22.0 Å². The van der Waals surface area contributed by atoms with Crippen LogP contribution < -0.4 is 0 Å². The summed E-state index contributed by atoms with van der Waals surface area (Å²) in [7, 11) is -3.57. The van der Waals surface area contributed by atoms with Crippen molar-refractivity contribution in [3.8, 4) is 0 Å². The summed E-state index contributed by atoms with van der Waals surface area (Å²) >= 11 is 12.2. The molecule has 1 heterocycles. The van der Waals surface area contributed by atoms with Crippen molar-refractivity contribution in [3.63, 3.8) is 0 Å². The number of hydrogen-bond donors (Lipinski definition) is 1. The van der Waals surface area contributed by atoms with Crippen LogP contribution in [0.5, 0.6) is 0 Å². The van der Waals surface area contributed by atoms with E-state index in [0.717, 1.165) is 12.8 Å². The van der Waals surface area contributed by atoms with Gasteiger partial charge in [-0.25, -0.2) is 18.1 Å². The number of hydrogen-bond acceptors (Lipinski definition) is 5. The van der Waals surface area contributed by atoms with Gasteiger partial charge < -0.3 is 5.11 Å². The number of aromatic nitrogens is 3. The Bertz CT molecular complexity index is 828. The largest absolute Gasteiger partial charge is 0.382 e. The van der Waals surface area contributed by atoms with Gasteiger partial charge in [-0.3, -0.25) is 0 Å². The fourth-order valence-corrected chi connectivity index (χ4v) is 5.19. The van der Waals surface area contributed by atoms with E-state index in [1.807, 2.05) is 6.92 Å². The Labute approximate surface area is 164 Å². The second-order valence-corrected chi connectivity index (χ2v) is 9.64. The molecule has 26 heavy (non-hydrogen) atoms. The molecule has 0 fully saturated rings. The summed E-state index contributed by atoms with van der Waals surface area (Å²) in [5.41, 5.74) is -1.48. The number of benzene rings is 1. The summed E-state index contributed by atoms with van der Waals surface area (Å²) in [5, 5.41) is 15.0. The number of sulfone groups is 1. The average Bonchev–Trinajstić information content (AvgIpc) is 3.06. The van der Waals surface area contributed by atoms with Crippen LogP contribution in [0.2, 0.25) is 10.0 Å². The Morgan fingerprint density at radius 1 is 1.31 bits per heavy atom. The standard InChI is InChI=1S/C17H23Cl2N3O3S/c1-3-4-5-8-26(24,25)13(2)17(23,10-22-12-20-11-21-22)15-7-6-14(18)9-16(15)19/h6-7,9,11-13,23H,3-5,8,10H2,1-2H3. The molecule has 0 aliphatic rings. The number of halogens is 2.